The van der Waals surface area contributed by atoms with Gasteiger partial charge >= 0.3 is 5.97 Å². The molecule has 6 nitrogen and oxygen atoms in total. The highest BCUT2D eigenvalue weighted by molar-refractivity contribution is 7.93. The Hall–Kier alpha value is -2.54. The lowest BCUT2D eigenvalue weighted by Crippen LogP contribution is -2.22. The predicted octanol–water partition coefficient (Wildman–Crippen LogP) is 2.31. The second kappa shape index (κ2) is 6.27. The fourth-order valence-electron chi connectivity index (χ4n) is 1.63. The van der Waals surface area contributed by atoms with Gasteiger partial charge in [-0.1, -0.05) is 24.3 Å². The number of carbonyl (C=O) groups is 1. The van der Waals surface area contributed by atoms with Crippen molar-refractivity contribution < 1.29 is 23.1 Å². The number of ether oxygens (including phenoxy) is 1. The Morgan fingerprint density at radius 3 is 2.38 bits per heavy atom. The van der Waals surface area contributed by atoms with Crippen LogP contribution in [-0.4, -0.2) is 25.2 Å². The van der Waals surface area contributed by atoms with Crippen molar-refractivity contribution >= 4 is 21.7 Å². The highest BCUT2D eigenvalue weighted by Crippen LogP contribution is 2.24. The second-order valence-corrected chi connectivity index (χ2v) is 5.92. The van der Waals surface area contributed by atoms with E-state index in [0.717, 1.165) is 0 Å². The largest absolute Gasteiger partial charge is 0.480 e. The number of rotatable bonds is 6. The van der Waals surface area contributed by atoms with Gasteiger partial charge in [-0.15, -0.1) is 0 Å². The van der Waals surface area contributed by atoms with E-state index in [-0.39, 0.29) is 5.69 Å². The third-order valence-electron chi connectivity index (χ3n) is 2.40. The molecule has 0 radical (unpaired) electrons. The van der Waals surface area contributed by atoms with Crippen molar-refractivity contribution in [2.24, 2.45) is 0 Å². The number of para-hydroxylation sites is 1. The predicted molar refractivity (Wildman–Crippen MR) is 78.0 cm³/mol. The number of benzene rings is 2. The average molecular weight is 307 g/mol. The molecule has 2 aromatic rings. The summed E-state index contributed by atoms with van der Waals surface area (Å²) < 4.78 is 30.8. The van der Waals surface area contributed by atoms with Crippen LogP contribution in [0.4, 0.5) is 5.69 Å². The van der Waals surface area contributed by atoms with Crippen LogP contribution < -0.4 is 9.46 Å². The van der Waals surface area contributed by atoms with Crippen LogP contribution in [-0.2, 0) is 14.8 Å². The fourth-order valence-corrected chi connectivity index (χ4v) is 2.51. The van der Waals surface area contributed by atoms with Gasteiger partial charge in [0, 0.05) is 6.07 Å². The van der Waals surface area contributed by atoms with Crippen molar-refractivity contribution in [1.29, 1.82) is 0 Å². The first-order valence-electron chi connectivity index (χ1n) is 6.00. The van der Waals surface area contributed by atoms with E-state index < -0.39 is 21.7 Å². The number of hydrogen-bond acceptors (Lipinski definition) is 4. The molecule has 2 aromatic carbocycles. The van der Waals surface area contributed by atoms with Gasteiger partial charge in [-0.3, -0.25) is 9.52 Å². The van der Waals surface area contributed by atoms with E-state index >= 15 is 0 Å². The summed E-state index contributed by atoms with van der Waals surface area (Å²) in [5.41, 5.74) is 0.240. The van der Waals surface area contributed by atoms with E-state index in [1.165, 1.54) is 12.1 Å². The Bertz CT molecular complexity index is 728. The minimum Gasteiger partial charge on any atom is -0.480 e. The van der Waals surface area contributed by atoms with Gasteiger partial charge in [-0.25, -0.2) is 8.42 Å². The van der Waals surface area contributed by atoms with Crippen LogP contribution in [0.2, 0.25) is 0 Å². The maximum atomic E-state index is 11.5. The molecule has 0 aromatic heterocycles. The fraction of sp³-hybridized carbons (Fsp3) is 0.0714. The lowest BCUT2D eigenvalue weighted by Gasteiger charge is -2.09. The lowest BCUT2D eigenvalue weighted by atomic mass is 10.3. The highest BCUT2D eigenvalue weighted by Gasteiger charge is 2.15. The number of sulfonamides is 1. The summed E-state index contributed by atoms with van der Waals surface area (Å²) in [6.07, 6.45) is 0. The first-order valence-corrected chi connectivity index (χ1v) is 7.65. The molecule has 2 rings (SSSR count). The first-order chi connectivity index (χ1) is 9.94. The standard InChI is InChI=1S/C14H13NO5S/c16-14(17)10-21(18,19)15-11-5-4-8-13(9-11)20-12-6-2-1-3-7-12/h1-9,15H,10H2,(H,16,17). The third kappa shape index (κ3) is 4.81. The normalized spacial score (nSPS) is 10.9. The van der Waals surface area contributed by atoms with Gasteiger partial charge in [-0.05, 0) is 24.3 Å². The van der Waals surface area contributed by atoms with E-state index in [4.69, 9.17) is 9.84 Å². The number of anilines is 1. The molecule has 0 saturated carbocycles. The summed E-state index contributed by atoms with van der Waals surface area (Å²) in [6, 6.07) is 15.3. The van der Waals surface area contributed by atoms with E-state index in [2.05, 4.69) is 4.72 Å². The topological polar surface area (TPSA) is 92.7 Å². The molecule has 0 heterocycles. The van der Waals surface area contributed by atoms with Crippen LogP contribution in [0.3, 0.4) is 0 Å². The number of hydrogen-bond donors (Lipinski definition) is 2. The minimum atomic E-state index is -3.93. The average Bonchev–Trinajstić information content (AvgIpc) is 2.38. The first kappa shape index (κ1) is 14.9. The van der Waals surface area contributed by atoms with Gasteiger partial charge in [0.2, 0.25) is 10.0 Å². The SMILES string of the molecule is O=C(O)CS(=O)(=O)Nc1cccc(Oc2ccccc2)c1. The maximum Gasteiger partial charge on any atom is 0.320 e. The molecular weight excluding hydrogens is 294 g/mol. The van der Waals surface area contributed by atoms with Gasteiger partial charge < -0.3 is 9.84 Å². The molecule has 0 bridgehead atoms. The number of nitrogens with one attached hydrogen (secondary N) is 1. The van der Waals surface area contributed by atoms with E-state index in [1.54, 1.807) is 24.3 Å². The summed E-state index contributed by atoms with van der Waals surface area (Å²) in [5, 5.41) is 8.53. The van der Waals surface area contributed by atoms with Crippen molar-refractivity contribution in [3.05, 3.63) is 54.6 Å². The minimum absolute atomic E-state index is 0.240. The van der Waals surface area contributed by atoms with Crippen molar-refractivity contribution in [3.63, 3.8) is 0 Å². The Morgan fingerprint density at radius 1 is 1.05 bits per heavy atom. The molecule has 0 aliphatic carbocycles. The molecule has 0 fully saturated rings. The van der Waals surface area contributed by atoms with Crippen LogP contribution in [0.15, 0.2) is 54.6 Å². The van der Waals surface area contributed by atoms with Crippen LogP contribution in [0.5, 0.6) is 11.5 Å². The van der Waals surface area contributed by atoms with E-state index in [1.807, 2.05) is 18.2 Å². The zero-order chi connectivity index (χ0) is 15.3. The Labute approximate surface area is 122 Å². The van der Waals surface area contributed by atoms with Crippen molar-refractivity contribution in [2.45, 2.75) is 0 Å². The van der Waals surface area contributed by atoms with Crippen LogP contribution in [0, 0.1) is 0 Å². The smallest absolute Gasteiger partial charge is 0.320 e. The molecule has 0 unspecified atom stereocenters. The molecule has 0 amide bonds. The van der Waals surface area contributed by atoms with Crippen molar-refractivity contribution in [3.8, 4) is 11.5 Å². The number of carboxylic acids is 1. The highest BCUT2D eigenvalue weighted by atomic mass is 32.2. The molecule has 0 aliphatic rings. The second-order valence-electron chi connectivity index (χ2n) is 4.20. The van der Waals surface area contributed by atoms with Crippen LogP contribution in [0.25, 0.3) is 0 Å². The van der Waals surface area contributed by atoms with Gasteiger partial charge in [0.15, 0.2) is 5.75 Å². The summed E-state index contributed by atoms with van der Waals surface area (Å²) in [6.45, 7) is 0. The van der Waals surface area contributed by atoms with Gasteiger partial charge in [0.1, 0.15) is 11.5 Å². The summed E-state index contributed by atoms with van der Waals surface area (Å²) in [7, 11) is -3.93. The molecular formula is C14H13NO5S. The molecule has 0 saturated heterocycles. The van der Waals surface area contributed by atoms with Crippen molar-refractivity contribution in [1.82, 2.24) is 0 Å². The molecule has 0 atom stereocenters. The summed E-state index contributed by atoms with van der Waals surface area (Å²) in [4.78, 5) is 10.5. The Kier molecular flexibility index (Phi) is 4.44. The van der Waals surface area contributed by atoms with Gasteiger partial charge in [0.05, 0.1) is 5.69 Å². The molecule has 7 heteroatoms. The number of carboxylic acid groups (broad SMARTS) is 1. The summed E-state index contributed by atoms with van der Waals surface area (Å²) >= 11 is 0. The molecule has 21 heavy (non-hydrogen) atoms. The molecule has 2 N–H and O–H groups in total. The van der Waals surface area contributed by atoms with Crippen LogP contribution >= 0.6 is 0 Å². The zero-order valence-corrected chi connectivity index (χ0v) is 11.7. The number of aliphatic carboxylic acids is 1. The van der Waals surface area contributed by atoms with Crippen molar-refractivity contribution in [2.75, 3.05) is 10.5 Å². The van der Waals surface area contributed by atoms with Gasteiger partial charge in [-0.2, -0.15) is 0 Å². The van der Waals surface area contributed by atoms with E-state index in [9.17, 15) is 13.2 Å². The zero-order valence-electron chi connectivity index (χ0n) is 10.9. The summed E-state index contributed by atoms with van der Waals surface area (Å²) in [5.74, 6) is -1.35. The maximum absolute atomic E-state index is 11.5. The molecule has 110 valence electrons. The lowest BCUT2D eigenvalue weighted by molar-refractivity contribution is -0.134. The Morgan fingerprint density at radius 2 is 1.71 bits per heavy atom. The quantitative estimate of drug-likeness (QED) is 0.854. The Balaban J connectivity index is 2.13. The van der Waals surface area contributed by atoms with E-state index in [0.29, 0.717) is 11.5 Å². The monoisotopic (exact) mass is 307 g/mol. The third-order valence-corrected chi connectivity index (χ3v) is 3.57. The van der Waals surface area contributed by atoms with Gasteiger partial charge in [0.25, 0.3) is 0 Å². The van der Waals surface area contributed by atoms with Crippen LogP contribution in [0.1, 0.15) is 0 Å². The molecule has 0 aliphatic heterocycles. The molecule has 0 spiro atoms.